The summed E-state index contributed by atoms with van der Waals surface area (Å²) >= 11 is 0. The molecule has 0 aliphatic carbocycles. The first-order valence-electron chi connectivity index (χ1n) is 7.97. The predicted molar refractivity (Wildman–Crippen MR) is 92.9 cm³/mol. The smallest absolute Gasteiger partial charge is 0.258 e. The van der Waals surface area contributed by atoms with Gasteiger partial charge in [-0.3, -0.25) is 24.1 Å². The van der Waals surface area contributed by atoms with Crippen LogP contribution in [0.1, 0.15) is 23.9 Å². The standard InChI is InChI=1S/C18H21N5O/c1-13-4-5-17-21-16(9-18(24)23(17)11-13)12-22(3)14(2)8-15-10-19-6-7-20-15/h4-7,9-11,14H,8,12H2,1-3H3/t14-/m1/s1. The first-order valence-corrected chi connectivity index (χ1v) is 7.97. The van der Waals surface area contributed by atoms with Gasteiger partial charge in [0.25, 0.3) is 5.56 Å². The van der Waals surface area contributed by atoms with Crippen LogP contribution in [0.15, 0.2) is 47.8 Å². The molecule has 0 radical (unpaired) electrons. The number of nitrogens with zero attached hydrogens (tertiary/aromatic N) is 5. The summed E-state index contributed by atoms with van der Waals surface area (Å²) in [6.45, 7) is 4.70. The van der Waals surface area contributed by atoms with Crippen molar-refractivity contribution in [3.05, 3.63) is 70.3 Å². The first-order chi connectivity index (χ1) is 11.5. The fourth-order valence-electron chi connectivity index (χ4n) is 2.64. The van der Waals surface area contributed by atoms with Crippen molar-refractivity contribution in [1.82, 2.24) is 24.3 Å². The molecule has 0 N–H and O–H groups in total. The minimum absolute atomic E-state index is 0.0475. The highest BCUT2D eigenvalue weighted by molar-refractivity contribution is 5.39. The van der Waals surface area contributed by atoms with E-state index < -0.39 is 0 Å². The molecule has 0 aliphatic rings. The molecule has 0 aliphatic heterocycles. The third kappa shape index (κ3) is 3.65. The molecule has 3 rings (SSSR count). The van der Waals surface area contributed by atoms with E-state index in [-0.39, 0.29) is 11.6 Å². The molecule has 0 spiro atoms. The van der Waals surface area contributed by atoms with Gasteiger partial charge in [0, 0.05) is 49.9 Å². The second kappa shape index (κ2) is 6.88. The van der Waals surface area contributed by atoms with E-state index >= 15 is 0 Å². The quantitative estimate of drug-likeness (QED) is 0.717. The van der Waals surface area contributed by atoms with E-state index in [0.29, 0.717) is 12.2 Å². The van der Waals surface area contributed by atoms with Crippen molar-refractivity contribution in [1.29, 1.82) is 0 Å². The molecule has 3 heterocycles. The van der Waals surface area contributed by atoms with E-state index in [2.05, 4.69) is 26.8 Å². The molecule has 1 atom stereocenters. The second-order valence-corrected chi connectivity index (χ2v) is 6.19. The zero-order valence-electron chi connectivity index (χ0n) is 14.2. The molecular weight excluding hydrogens is 302 g/mol. The van der Waals surface area contributed by atoms with Crippen molar-refractivity contribution in [2.45, 2.75) is 32.9 Å². The number of hydrogen-bond acceptors (Lipinski definition) is 5. The van der Waals surface area contributed by atoms with E-state index in [9.17, 15) is 4.79 Å². The van der Waals surface area contributed by atoms with Crippen LogP contribution in [0.25, 0.3) is 5.65 Å². The van der Waals surface area contributed by atoms with Crippen LogP contribution in [0, 0.1) is 6.92 Å². The summed E-state index contributed by atoms with van der Waals surface area (Å²) in [4.78, 5) is 27.5. The Balaban J connectivity index is 1.76. The Morgan fingerprint density at radius 2 is 2.08 bits per heavy atom. The molecule has 124 valence electrons. The predicted octanol–water partition coefficient (Wildman–Crippen LogP) is 1.86. The summed E-state index contributed by atoms with van der Waals surface area (Å²) in [5.74, 6) is 0. The normalized spacial score (nSPS) is 12.7. The fourth-order valence-corrected chi connectivity index (χ4v) is 2.64. The van der Waals surface area contributed by atoms with E-state index in [0.717, 1.165) is 23.4 Å². The third-order valence-electron chi connectivity index (χ3n) is 4.15. The lowest BCUT2D eigenvalue weighted by atomic mass is 10.1. The highest BCUT2D eigenvalue weighted by atomic mass is 16.1. The largest absolute Gasteiger partial charge is 0.297 e. The van der Waals surface area contributed by atoms with Gasteiger partial charge in [-0.15, -0.1) is 0 Å². The molecule has 6 heteroatoms. The van der Waals surface area contributed by atoms with Crippen LogP contribution in [0.2, 0.25) is 0 Å². The summed E-state index contributed by atoms with van der Waals surface area (Å²) in [7, 11) is 2.03. The van der Waals surface area contributed by atoms with Crippen LogP contribution in [-0.2, 0) is 13.0 Å². The summed E-state index contributed by atoms with van der Waals surface area (Å²) in [5, 5.41) is 0. The summed E-state index contributed by atoms with van der Waals surface area (Å²) in [6.07, 6.45) is 7.78. The highest BCUT2D eigenvalue weighted by Gasteiger charge is 2.13. The molecule has 0 fully saturated rings. The first kappa shape index (κ1) is 16.3. The van der Waals surface area contributed by atoms with E-state index in [1.807, 2.05) is 32.3 Å². The van der Waals surface area contributed by atoms with Gasteiger partial charge in [0.2, 0.25) is 0 Å². The molecule has 0 aromatic carbocycles. The molecule has 6 nitrogen and oxygen atoms in total. The number of rotatable bonds is 5. The van der Waals surface area contributed by atoms with Crippen molar-refractivity contribution in [3.8, 4) is 0 Å². The van der Waals surface area contributed by atoms with Crippen molar-refractivity contribution >= 4 is 5.65 Å². The zero-order valence-corrected chi connectivity index (χ0v) is 14.2. The van der Waals surface area contributed by atoms with E-state index in [4.69, 9.17) is 0 Å². The van der Waals surface area contributed by atoms with Gasteiger partial charge in [0.05, 0.1) is 11.4 Å². The van der Waals surface area contributed by atoms with Gasteiger partial charge in [0.15, 0.2) is 0 Å². The Kier molecular flexibility index (Phi) is 4.66. The van der Waals surface area contributed by atoms with E-state index in [1.54, 1.807) is 29.1 Å². The fraction of sp³-hybridized carbons (Fsp3) is 0.333. The van der Waals surface area contributed by atoms with Crippen LogP contribution >= 0.6 is 0 Å². The van der Waals surface area contributed by atoms with Crippen LogP contribution < -0.4 is 5.56 Å². The Morgan fingerprint density at radius 1 is 1.25 bits per heavy atom. The van der Waals surface area contributed by atoms with Gasteiger partial charge in [-0.1, -0.05) is 6.07 Å². The molecule has 3 aromatic heterocycles. The number of pyridine rings is 1. The van der Waals surface area contributed by atoms with Crippen molar-refractivity contribution < 1.29 is 0 Å². The molecule has 24 heavy (non-hydrogen) atoms. The Morgan fingerprint density at radius 3 is 2.83 bits per heavy atom. The van der Waals surface area contributed by atoms with Gasteiger partial charge in [-0.05, 0) is 32.5 Å². The van der Waals surface area contributed by atoms with Crippen LogP contribution in [0.3, 0.4) is 0 Å². The van der Waals surface area contributed by atoms with Gasteiger partial charge < -0.3 is 0 Å². The Hall–Kier alpha value is -2.60. The maximum atomic E-state index is 12.3. The van der Waals surface area contributed by atoms with Crippen molar-refractivity contribution in [2.24, 2.45) is 0 Å². The molecule has 3 aromatic rings. The Bertz CT molecular complexity index is 891. The van der Waals surface area contributed by atoms with E-state index in [1.165, 1.54) is 0 Å². The molecule has 0 saturated heterocycles. The lowest BCUT2D eigenvalue weighted by molar-refractivity contribution is 0.244. The Labute approximate surface area is 140 Å². The molecular formula is C18H21N5O. The number of likely N-dealkylation sites (N-methyl/N-ethyl adjacent to an activating group) is 1. The van der Waals surface area contributed by atoms with Gasteiger partial charge >= 0.3 is 0 Å². The minimum atomic E-state index is -0.0475. The van der Waals surface area contributed by atoms with Crippen LogP contribution in [0.5, 0.6) is 0 Å². The van der Waals surface area contributed by atoms with Crippen LogP contribution in [0.4, 0.5) is 0 Å². The monoisotopic (exact) mass is 323 g/mol. The number of aromatic nitrogens is 4. The maximum Gasteiger partial charge on any atom is 0.258 e. The molecule has 0 bridgehead atoms. The van der Waals surface area contributed by atoms with Gasteiger partial charge in [0.1, 0.15) is 5.65 Å². The van der Waals surface area contributed by atoms with Gasteiger partial charge in [-0.25, -0.2) is 4.98 Å². The number of aryl methyl sites for hydroxylation is 1. The number of fused-ring (bicyclic) bond motifs is 1. The summed E-state index contributed by atoms with van der Waals surface area (Å²) in [6, 6.07) is 5.72. The second-order valence-electron chi connectivity index (χ2n) is 6.19. The lowest BCUT2D eigenvalue weighted by Gasteiger charge is -2.24. The lowest BCUT2D eigenvalue weighted by Crippen LogP contribution is -2.31. The summed E-state index contributed by atoms with van der Waals surface area (Å²) in [5.41, 5.74) is 3.40. The topological polar surface area (TPSA) is 63.4 Å². The van der Waals surface area contributed by atoms with Crippen LogP contribution in [-0.4, -0.2) is 37.3 Å². The minimum Gasteiger partial charge on any atom is -0.297 e. The average molecular weight is 323 g/mol. The summed E-state index contributed by atoms with van der Waals surface area (Å²) < 4.78 is 1.59. The van der Waals surface area contributed by atoms with Gasteiger partial charge in [-0.2, -0.15) is 0 Å². The molecule has 0 saturated carbocycles. The highest BCUT2D eigenvalue weighted by Crippen LogP contribution is 2.09. The molecule has 0 unspecified atom stereocenters. The van der Waals surface area contributed by atoms with Crippen molar-refractivity contribution in [3.63, 3.8) is 0 Å². The third-order valence-corrected chi connectivity index (χ3v) is 4.15. The van der Waals surface area contributed by atoms with Crippen molar-refractivity contribution in [2.75, 3.05) is 7.05 Å². The maximum absolute atomic E-state index is 12.3. The molecule has 0 amide bonds. The zero-order chi connectivity index (χ0) is 17.1. The number of hydrogen-bond donors (Lipinski definition) is 0. The SMILES string of the molecule is Cc1ccc2nc(CN(C)[C@H](C)Cc3cnccn3)cc(=O)n2c1. The average Bonchev–Trinajstić information content (AvgIpc) is 2.56.